The van der Waals surface area contributed by atoms with Crippen molar-refractivity contribution in [2.24, 2.45) is 0 Å². The van der Waals surface area contributed by atoms with Crippen molar-refractivity contribution in [2.75, 3.05) is 16.4 Å². The van der Waals surface area contributed by atoms with Crippen LogP contribution in [0.15, 0.2) is 46.8 Å². The van der Waals surface area contributed by atoms with Crippen LogP contribution in [-0.4, -0.2) is 26.8 Å². The summed E-state index contributed by atoms with van der Waals surface area (Å²) < 4.78 is 14.1. The zero-order valence-corrected chi connectivity index (χ0v) is 16.3. The first kappa shape index (κ1) is 20.0. The number of carbonyl (C=O) groups excluding carboxylic acids is 1. The van der Waals surface area contributed by atoms with Crippen LogP contribution in [0, 0.1) is 15.9 Å². The number of rotatable bonds is 7. The Morgan fingerprint density at radius 3 is 2.75 bits per heavy atom. The molecule has 0 spiro atoms. The van der Waals surface area contributed by atoms with E-state index in [-0.39, 0.29) is 33.7 Å². The van der Waals surface area contributed by atoms with Gasteiger partial charge in [-0.1, -0.05) is 46.8 Å². The predicted molar refractivity (Wildman–Crippen MR) is 107 cm³/mol. The highest BCUT2D eigenvalue weighted by atomic mass is 35.5. The van der Waals surface area contributed by atoms with E-state index < -0.39 is 10.7 Å². The first-order chi connectivity index (χ1) is 13.4. The van der Waals surface area contributed by atoms with Crippen LogP contribution in [0.25, 0.3) is 0 Å². The third-order valence-corrected chi connectivity index (χ3v) is 5.57. The smallest absolute Gasteiger partial charge is 0.271 e. The van der Waals surface area contributed by atoms with E-state index in [0.29, 0.717) is 9.47 Å². The SMILES string of the molecule is O=C(CSc1nnc(Nc2ccccc2F)s1)Nc1ccc([N+](=O)[O-])cc1Cl. The van der Waals surface area contributed by atoms with Crippen LogP contribution in [-0.2, 0) is 4.79 Å². The van der Waals surface area contributed by atoms with Gasteiger partial charge < -0.3 is 10.6 Å². The number of nitrogens with zero attached hydrogens (tertiary/aromatic N) is 3. The van der Waals surface area contributed by atoms with Crippen molar-refractivity contribution in [1.29, 1.82) is 0 Å². The summed E-state index contributed by atoms with van der Waals surface area (Å²) in [5.74, 6) is -0.743. The van der Waals surface area contributed by atoms with Gasteiger partial charge in [0.2, 0.25) is 11.0 Å². The van der Waals surface area contributed by atoms with Gasteiger partial charge in [0.05, 0.1) is 27.1 Å². The van der Waals surface area contributed by atoms with Crippen molar-refractivity contribution in [3.8, 4) is 0 Å². The van der Waals surface area contributed by atoms with E-state index in [4.69, 9.17) is 11.6 Å². The zero-order valence-electron chi connectivity index (χ0n) is 13.9. The second-order valence-electron chi connectivity index (χ2n) is 5.24. The van der Waals surface area contributed by atoms with E-state index >= 15 is 0 Å². The number of nitro groups is 1. The number of carbonyl (C=O) groups is 1. The van der Waals surface area contributed by atoms with Crippen LogP contribution >= 0.6 is 34.7 Å². The average molecular weight is 440 g/mol. The predicted octanol–water partition coefficient (Wildman–Crippen LogP) is 4.71. The summed E-state index contributed by atoms with van der Waals surface area (Å²) in [5, 5.41) is 24.4. The Hall–Kier alpha value is -2.76. The molecular formula is C16H11ClFN5O3S2. The molecular weight excluding hydrogens is 429 g/mol. The molecule has 144 valence electrons. The second-order valence-corrected chi connectivity index (χ2v) is 7.84. The van der Waals surface area contributed by atoms with E-state index in [1.807, 2.05) is 0 Å². The largest absolute Gasteiger partial charge is 0.328 e. The van der Waals surface area contributed by atoms with Crippen LogP contribution < -0.4 is 10.6 Å². The molecule has 3 rings (SSSR count). The molecule has 0 fully saturated rings. The van der Waals surface area contributed by atoms with Crippen molar-refractivity contribution >= 4 is 62.8 Å². The monoisotopic (exact) mass is 439 g/mol. The lowest BCUT2D eigenvalue weighted by Crippen LogP contribution is -2.14. The molecule has 1 heterocycles. The van der Waals surface area contributed by atoms with Gasteiger partial charge in [0.15, 0.2) is 4.34 Å². The highest BCUT2D eigenvalue weighted by Gasteiger charge is 2.13. The molecule has 0 aliphatic carbocycles. The molecule has 0 aliphatic heterocycles. The number of thioether (sulfide) groups is 1. The molecule has 28 heavy (non-hydrogen) atoms. The number of amides is 1. The number of nitro benzene ring substituents is 1. The maximum absolute atomic E-state index is 13.6. The number of non-ortho nitro benzene ring substituents is 1. The highest BCUT2D eigenvalue weighted by Crippen LogP contribution is 2.30. The Morgan fingerprint density at radius 2 is 2.04 bits per heavy atom. The lowest BCUT2D eigenvalue weighted by Gasteiger charge is -2.06. The Labute approximate surface area is 171 Å². The maximum Gasteiger partial charge on any atom is 0.271 e. The molecule has 0 bridgehead atoms. The van der Waals surface area contributed by atoms with Gasteiger partial charge in [0.25, 0.3) is 5.69 Å². The van der Waals surface area contributed by atoms with E-state index in [0.717, 1.165) is 17.8 Å². The van der Waals surface area contributed by atoms with Crippen LogP contribution in [0.1, 0.15) is 0 Å². The van der Waals surface area contributed by atoms with Crippen LogP contribution in [0.4, 0.5) is 26.6 Å². The summed E-state index contributed by atoms with van der Waals surface area (Å²) >= 11 is 8.26. The van der Waals surface area contributed by atoms with Gasteiger partial charge in [-0.05, 0) is 18.2 Å². The van der Waals surface area contributed by atoms with Gasteiger partial charge in [-0.3, -0.25) is 14.9 Å². The fourth-order valence-electron chi connectivity index (χ4n) is 2.03. The Kier molecular flexibility index (Phi) is 6.39. The molecule has 8 nitrogen and oxygen atoms in total. The van der Waals surface area contributed by atoms with E-state index in [9.17, 15) is 19.3 Å². The lowest BCUT2D eigenvalue weighted by molar-refractivity contribution is -0.384. The first-order valence-corrected chi connectivity index (χ1v) is 9.82. The summed E-state index contributed by atoms with van der Waals surface area (Å²) in [6.07, 6.45) is 0. The Balaban J connectivity index is 1.55. The molecule has 1 aromatic heterocycles. The molecule has 0 saturated carbocycles. The van der Waals surface area contributed by atoms with Crippen molar-refractivity contribution in [3.63, 3.8) is 0 Å². The molecule has 1 amide bonds. The molecule has 2 N–H and O–H groups in total. The van der Waals surface area contributed by atoms with Crippen molar-refractivity contribution in [1.82, 2.24) is 10.2 Å². The number of benzene rings is 2. The normalized spacial score (nSPS) is 10.5. The number of nitrogens with one attached hydrogen (secondary N) is 2. The van der Waals surface area contributed by atoms with E-state index in [2.05, 4.69) is 20.8 Å². The maximum atomic E-state index is 13.6. The highest BCUT2D eigenvalue weighted by molar-refractivity contribution is 8.01. The van der Waals surface area contributed by atoms with Crippen molar-refractivity contribution in [2.45, 2.75) is 4.34 Å². The molecule has 0 radical (unpaired) electrons. The molecule has 0 atom stereocenters. The topological polar surface area (TPSA) is 110 Å². The molecule has 12 heteroatoms. The molecule has 0 saturated heterocycles. The van der Waals surface area contributed by atoms with Crippen molar-refractivity contribution < 1.29 is 14.1 Å². The van der Waals surface area contributed by atoms with E-state index in [1.54, 1.807) is 18.2 Å². The number of aromatic nitrogens is 2. The summed E-state index contributed by atoms with van der Waals surface area (Å²) in [6.45, 7) is 0. The van der Waals surface area contributed by atoms with E-state index in [1.165, 1.54) is 29.5 Å². The number of halogens is 2. The Bertz CT molecular complexity index is 1030. The van der Waals surface area contributed by atoms with Crippen LogP contribution in [0.2, 0.25) is 5.02 Å². The number of hydrogen-bond donors (Lipinski definition) is 2. The first-order valence-electron chi connectivity index (χ1n) is 7.64. The molecule has 3 aromatic rings. The summed E-state index contributed by atoms with van der Waals surface area (Å²) in [5.41, 5.74) is 0.388. The van der Waals surface area contributed by atoms with Gasteiger partial charge in [-0.25, -0.2) is 4.39 Å². The number of para-hydroxylation sites is 1. The summed E-state index contributed by atoms with van der Waals surface area (Å²) in [6, 6.07) is 9.95. The third kappa shape index (κ3) is 5.15. The quantitative estimate of drug-likeness (QED) is 0.311. The van der Waals surface area contributed by atoms with Gasteiger partial charge in [-0.15, -0.1) is 10.2 Å². The summed E-state index contributed by atoms with van der Waals surface area (Å²) in [7, 11) is 0. The fraction of sp³-hybridized carbons (Fsp3) is 0.0625. The third-order valence-electron chi connectivity index (χ3n) is 3.29. The zero-order chi connectivity index (χ0) is 20.1. The minimum absolute atomic E-state index is 0.0294. The number of hydrogen-bond acceptors (Lipinski definition) is 8. The average Bonchev–Trinajstić information content (AvgIpc) is 3.11. The van der Waals surface area contributed by atoms with Crippen LogP contribution in [0.3, 0.4) is 0 Å². The molecule has 0 unspecified atom stereocenters. The Morgan fingerprint density at radius 1 is 1.25 bits per heavy atom. The fourth-order valence-corrected chi connectivity index (χ4v) is 3.82. The minimum Gasteiger partial charge on any atom is -0.328 e. The van der Waals surface area contributed by atoms with Gasteiger partial charge in [0, 0.05) is 12.1 Å². The minimum atomic E-state index is -0.574. The standard InChI is InChI=1S/C16H11ClFN5O3S2/c17-10-7-9(23(25)26)5-6-12(10)19-14(24)8-27-16-22-21-15(28-16)20-13-4-2-1-3-11(13)18/h1-7H,8H2,(H,19,24)(H,20,21). The lowest BCUT2D eigenvalue weighted by atomic mass is 10.3. The van der Waals surface area contributed by atoms with Gasteiger partial charge in [-0.2, -0.15) is 0 Å². The molecule has 0 aliphatic rings. The second kappa shape index (κ2) is 8.95. The van der Waals surface area contributed by atoms with Crippen molar-refractivity contribution in [3.05, 3.63) is 63.4 Å². The number of anilines is 3. The van der Waals surface area contributed by atoms with Gasteiger partial charge in [0.1, 0.15) is 5.82 Å². The summed E-state index contributed by atoms with van der Waals surface area (Å²) in [4.78, 5) is 22.2. The molecule has 2 aromatic carbocycles. The van der Waals surface area contributed by atoms with Gasteiger partial charge >= 0.3 is 0 Å². The van der Waals surface area contributed by atoms with Crippen LogP contribution in [0.5, 0.6) is 0 Å².